The summed E-state index contributed by atoms with van der Waals surface area (Å²) < 4.78 is 26.6. The van der Waals surface area contributed by atoms with E-state index in [-0.39, 0.29) is 38.0 Å². The SMILES string of the molecule is CCCCCCCCOc1cc(C(=O)NCCN2C(=O)c3ccc4c5ccc6c7c(ccc(c8ccc(c3c48)C2=O)c75)C(=O)N(CCNC(=O)c2cc(OCCCCCCCC)c(CC[C@@H](C)CCCC(C)C)c(OCCCCCCCC)c2)C6=O)cc(OCCCCCCCC)c1CC[C@@H](C)CCCC(C)C. The minimum atomic E-state index is -0.455. The predicted molar refractivity (Wildman–Crippen MR) is 444 cm³/mol. The van der Waals surface area contributed by atoms with E-state index in [9.17, 15) is 28.8 Å². The van der Waals surface area contributed by atoms with Gasteiger partial charge in [0.25, 0.3) is 35.4 Å². The van der Waals surface area contributed by atoms with Crippen LogP contribution in [-0.2, 0) is 12.8 Å². The molecule has 9 rings (SSSR count). The molecule has 0 fully saturated rings. The summed E-state index contributed by atoms with van der Waals surface area (Å²) in [6, 6.07) is 22.1. The predicted octanol–water partition coefficient (Wildman–Crippen LogP) is 23.5. The van der Waals surface area contributed by atoms with Gasteiger partial charge >= 0.3 is 0 Å². The van der Waals surface area contributed by atoms with E-state index in [1.54, 1.807) is 24.3 Å². The van der Waals surface area contributed by atoms with Crippen molar-refractivity contribution in [2.45, 2.75) is 288 Å². The first-order valence-corrected chi connectivity index (χ1v) is 42.8. The van der Waals surface area contributed by atoms with Gasteiger partial charge in [-0.25, -0.2) is 0 Å². The van der Waals surface area contributed by atoms with E-state index < -0.39 is 23.6 Å². The van der Waals surface area contributed by atoms with Gasteiger partial charge < -0.3 is 29.6 Å². The Morgan fingerprint density at radius 1 is 0.333 bits per heavy atom. The number of fused-ring (bicyclic) bond motifs is 2. The summed E-state index contributed by atoms with van der Waals surface area (Å²) >= 11 is 0. The van der Waals surface area contributed by atoms with E-state index in [1.807, 2.05) is 48.5 Å². The molecule has 0 spiro atoms. The van der Waals surface area contributed by atoms with E-state index in [0.717, 1.165) is 159 Å². The number of amides is 6. The molecule has 0 aliphatic carbocycles. The first kappa shape index (κ1) is 84.3. The molecule has 2 aliphatic rings. The summed E-state index contributed by atoms with van der Waals surface area (Å²) in [5.74, 6) is 2.61. The molecule has 2 N–H and O–H groups in total. The third-order valence-electron chi connectivity index (χ3n) is 22.7. The molecule has 0 aromatic heterocycles. The van der Waals surface area contributed by atoms with E-state index in [2.05, 4.69) is 79.9 Å². The van der Waals surface area contributed by atoms with Gasteiger partial charge in [-0.05, 0) is 156 Å². The van der Waals surface area contributed by atoms with Crippen molar-refractivity contribution in [1.82, 2.24) is 20.4 Å². The number of hydrogen-bond acceptors (Lipinski definition) is 10. The Kier molecular flexibility index (Phi) is 34.0. The zero-order chi connectivity index (χ0) is 76.9. The molecule has 14 heteroatoms. The summed E-state index contributed by atoms with van der Waals surface area (Å²) in [6.45, 7) is 24.8. The monoisotopic (exact) mass is 1480 g/mol. The molecule has 0 bridgehead atoms. The molecule has 588 valence electrons. The Morgan fingerprint density at radius 3 is 0.870 bits per heavy atom. The van der Waals surface area contributed by atoms with Crippen molar-refractivity contribution < 1.29 is 47.7 Å². The maximum atomic E-state index is 14.8. The van der Waals surface area contributed by atoms with Gasteiger partial charge in [-0.2, -0.15) is 0 Å². The number of ether oxygens (including phenoxy) is 4. The summed E-state index contributed by atoms with van der Waals surface area (Å²) in [7, 11) is 0. The molecule has 2 atom stereocenters. The van der Waals surface area contributed by atoms with Crippen LogP contribution in [0.5, 0.6) is 23.0 Å². The maximum Gasteiger partial charge on any atom is 0.261 e. The van der Waals surface area contributed by atoms with Crippen molar-refractivity contribution in [3.63, 3.8) is 0 Å². The fourth-order valence-electron chi connectivity index (χ4n) is 16.1. The summed E-state index contributed by atoms with van der Waals surface area (Å²) in [4.78, 5) is 90.5. The molecular formula is C94H132N4O10. The van der Waals surface area contributed by atoms with Crippen LogP contribution in [-0.4, -0.2) is 97.8 Å². The number of hydrogen-bond donors (Lipinski definition) is 2. The lowest BCUT2D eigenvalue weighted by atomic mass is 9.82. The van der Waals surface area contributed by atoms with E-state index in [4.69, 9.17) is 18.9 Å². The molecule has 0 radical (unpaired) electrons. The molecule has 0 saturated carbocycles. The van der Waals surface area contributed by atoms with Gasteiger partial charge in [-0.3, -0.25) is 38.6 Å². The number of imide groups is 2. The number of benzene rings is 7. The second kappa shape index (κ2) is 43.6. The Hall–Kier alpha value is -7.74. The fraction of sp³-hybridized carbons (Fsp3) is 0.596. The van der Waals surface area contributed by atoms with Gasteiger partial charge in [0.1, 0.15) is 23.0 Å². The van der Waals surface area contributed by atoms with Crippen LogP contribution in [0, 0.1) is 23.7 Å². The van der Waals surface area contributed by atoms with Crippen LogP contribution in [0.1, 0.15) is 348 Å². The number of unbranched alkanes of at least 4 members (excludes halogenated alkanes) is 20. The van der Waals surface area contributed by atoms with Crippen molar-refractivity contribution >= 4 is 78.5 Å². The fourth-order valence-corrected chi connectivity index (χ4v) is 16.1. The molecule has 7 aromatic carbocycles. The molecule has 0 unspecified atom stereocenters. The second-order valence-electron chi connectivity index (χ2n) is 32.5. The normalized spacial score (nSPS) is 13.6. The first-order chi connectivity index (χ1) is 52.5. The number of rotatable bonds is 54. The zero-order valence-electron chi connectivity index (χ0n) is 67.9. The van der Waals surface area contributed by atoms with Crippen LogP contribution in [0.15, 0.2) is 72.8 Å². The van der Waals surface area contributed by atoms with Gasteiger partial charge in [0, 0.05) is 81.5 Å². The van der Waals surface area contributed by atoms with E-state index in [0.29, 0.717) is 117 Å². The highest BCUT2D eigenvalue weighted by Crippen LogP contribution is 2.47. The van der Waals surface area contributed by atoms with Gasteiger partial charge in [0.05, 0.1) is 26.4 Å². The minimum Gasteiger partial charge on any atom is -0.493 e. The van der Waals surface area contributed by atoms with Gasteiger partial charge in [-0.1, -0.05) is 260 Å². The standard InChI is InChI=1S/C94H132N4O10/c1-11-15-19-23-27-31-57-105-81-61-69(62-82(106-58-32-28-24-20-16-12-2)75(81)43-41-67(9)39-35-37-65(5)6)89(99)95-53-55-97-91(101)77-49-45-71-73-47-51-79-88-80(52-48-74(86(73)88)72-46-50-78(92(97)102)87(77)85(71)72)94(104)98(93(79)103)56-54-96-90(100)70-63-83(107-59-33-29-25-21-17-13-3)76(44-42-68(10)40-36-38-66(7)8)84(64-70)108-60-34-30-26-22-18-14-4/h45-52,61-68H,11-44,53-60H2,1-10H3,(H,95,99)(H,96,100)/t67-,68-/m0/s1. The van der Waals surface area contributed by atoms with Crippen LogP contribution < -0.4 is 29.6 Å². The maximum absolute atomic E-state index is 14.8. The van der Waals surface area contributed by atoms with Crippen molar-refractivity contribution in [1.29, 1.82) is 0 Å². The first-order valence-electron chi connectivity index (χ1n) is 42.8. The third-order valence-corrected chi connectivity index (χ3v) is 22.7. The van der Waals surface area contributed by atoms with Crippen LogP contribution in [0.25, 0.3) is 43.1 Å². The van der Waals surface area contributed by atoms with Gasteiger partial charge in [0.2, 0.25) is 0 Å². The second-order valence-corrected chi connectivity index (χ2v) is 32.5. The summed E-state index contributed by atoms with van der Waals surface area (Å²) in [6.07, 6.45) is 37.8. The van der Waals surface area contributed by atoms with Crippen LogP contribution >= 0.6 is 0 Å². The van der Waals surface area contributed by atoms with Crippen LogP contribution in [0.2, 0.25) is 0 Å². The molecule has 108 heavy (non-hydrogen) atoms. The zero-order valence-corrected chi connectivity index (χ0v) is 67.9. The number of nitrogens with zero attached hydrogens (tertiary/aromatic N) is 2. The highest BCUT2D eigenvalue weighted by molar-refractivity contribution is 6.41. The molecule has 6 amide bonds. The average molecular weight is 1480 g/mol. The van der Waals surface area contributed by atoms with Gasteiger partial charge in [0.15, 0.2) is 0 Å². The minimum absolute atomic E-state index is 0.0190. The molecule has 2 aliphatic heterocycles. The molecular weight excluding hydrogens is 1350 g/mol. The molecule has 14 nitrogen and oxygen atoms in total. The lowest BCUT2D eigenvalue weighted by molar-refractivity contribution is 0.0594. The van der Waals surface area contributed by atoms with Crippen molar-refractivity contribution in [3.8, 4) is 23.0 Å². The summed E-state index contributed by atoms with van der Waals surface area (Å²) in [5.41, 5.74) is 4.35. The third kappa shape index (κ3) is 22.7. The smallest absolute Gasteiger partial charge is 0.261 e. The van der Waals surface area contributed by atoms with E-state index in [1.165, 1.54) is 113 Å². The Labute approximate surface area is 647 Å². The molecule has 2 heterocycles. The van der Waals surface area contributed by atoms with Crippen molar-refractivity contribution in [2.75, 3.05) is 52.6 Å². The van der Waals surface area contributed by atoms with Gasteiger partial charge in [-0.15, -0.1) is 0 Å². The number of carbonyl (C=O) groups is 6. The highest BCUT2D eigenvalue weighted by atomic mass is 16.5. The highest BCUT2D eigenvalue weighted by Gasteiger charge is 2.37. The Bertz CT molecular complexity index is 3620. The Balaban J connectivity index is 0.907. The van der Waals surface area contributed by atoms with Crippen LogP contribution in [0.3, 0.4) is 0 Å². The number of nitrogens with one attached hydrogen (secondary N) is 2. The summed E-state index contributed by atoms with van der Waals surface area (Å²) in [5, 5.41) is 11.9. The Morgan fingerprint density at radius 2 is 0.602 bits per heavy atom. The van der Waals surface area contributed by atoms with Crippen molar-refractivity contribution in [3.05, 3.63) is 117 Å². The average Bonchev–Trinajstić information content (AvgIpc) is 0.689. The molecule has 0 saturated heterocycles. The molecule has 7 aromatic rings. The van der Waals surface area contributed by atoms with Crippen molar-refractivity contribution in [2.24, 2.45) is 23.7 Å². The quantitative estimate of drug-likeness (QED) is 0.0162. The lowest BCUT2D eigenvalue weighted by Crippen LogP contribution is -2.44. The lowest BCUT2D eigenvalue weighted by Gasteiger charge is -2.30. The van der Waals surface area contributed by atoms with Crippen LogP contribution in [0.4, 0.5) is 0 Å². The van der Waals surface area contributed by atoms with E-state index >= 15 is 0 Å². The largest absolute Gasteiger partial charge is 0.493 e. The topological polar surface area (TPSA) is 170 Å². The number of carbonyl (C=O) groups excluding carboxylic acids is 6.